The molecule has 1 amide bonds. The van der Waals surface area contributed by atoms with Gasteiger partial charge < -0.3 is 14.5 Å². The van der Waals surface area contributed by atoms with Gasteiger partial charge in [-0.1, -0.05) is 29.3 Å². The van der Waals surface area contributed by atoms with E-state index in [2.05, 4.69) is 4.90 Å². The second-order valence-corrected chi connectivity index (χ2v) is 11.5. The molecule has 1 aromatic heterocycles. The first-order valence-electron chi connectivity index (χ1n) is 10.5. The largest absolute Gasteiger partial charge is 0.444 e. The SMILES string of the molecule is CC(C)(C)OC(=O)N1CCN(c2ccc(Cl)c3c2ccn3S(=O)(=O)c2cccc(Cl)c2)CC1. The third-order valence-corrected chi connectivity index (χ3v) is 7.58. The number of fused-ring (bicyclic) bond motifs is 1. The average molecular weight is 510 g/mol. The Labute approximate surface area is 203 Å². The van der Waals surface area contributed by atoms with Crippen LogP contribution in [0.2, 0.25) is 10.0 Å². The number of amides is 1. The van der Waals surface area contributed by atoms with Gasteiger partial charge in [0.15, 0.2) is 0 Å². The lowest BCUT2D eigenvalue weighted by Crippen LogP contribution is -2.50. The maximum atomic E-state index is 13.3. The van der Waals surface area contributed by atoms with Gasteiger partial charge in [-0.15, -0.1) is 0 Å². The minimum Gasteiger partial charge on any atom is -0.444 e. The van der Waals surface area contributed by atoms with Crippen LogP contribution in [0.15, 0.2) is 53.6 Å². The predicted molar refractivity (Wildman–Crippen MR) is 131 cm³/mol. The van der Waals surface area contributed by atoms with Crippen LogP contribution in [0.25, 0.3) is 10.9 Å². The number of carbonyl (C=O) groups is 1. The second kappa shape index (κ2) is 8.74. The third-order valence-electron chi connectivity index (χ3n) is 5.37. The van der Waals surface area contributed by atoms with Gasteiger partial charge in [-0.2, -0.15) is 0 Å². The molecule has 0 atom stereocenters. The summed E-state index contributed by atoms with van der Waals surface area (Å²) in [6.45, 7) is 7.70. The Morgan fingerprint density at radius 2 is 1.70 bits per heavy atom. The zero-order valence-electron chi connectivity index (χ0n) is 18.6. The zero-order valence-corrected chi connectivity index (χ0v) is 20.9. The maximum absolute atomic E-state index is 13.3. The van der Waals surface area contributed by atoms with Crippen molar-refractivity contribution < 1.29 is 17.9 Å². The summed E-state index contributed by atoms with van der Waals surface area (Å²) in [5.74, 6) is 0. The quantitative estimate of drug-likeness (QED) is 0.482. The van der Waals surface area contributed by atoms with Crippen molar-refractivity contribution in [3.8, 4) is 0 Å². The lowest BCUT2D eigenvalue weighted by molar-refractivity contribution is 0.0240. The Hall–Kier alpha value is -2.42. The minimum absolute atomic E-state index is 0.0833. The van der Waals surface area contributed by atoms with Gasteiger partial charge in [-0.25, -0.2) is 17.2 Å². The Morgan fingerprint density at radius 1 is 1.00 bits per heavy atom. The Kier molecular flexibility index (Phi) is 6.28. The summed E-state index contributed by atoms with van der Waals surface area (Å²) >= 11 is 12.5. The smallest absolute Gasteiger partial charge is 0.410 e. The summed E-state index contributed by atoms with van der Waals surface area (Å²) in [6, 6.07) is 11.5. The molecule has 0 bridgehead atoms. The first kappa shape index (κ1) is 23.7. The van der Waals surface area contributed by atoms with E-state index in [9.17, 15) is 13.2 Å². The molecule has 0 unspecified atom stereocenters. The molecule has 7 nitrogen and oxygen atoms in total. The summed E-state index contributed by atoms with van der Waals surface area (Å²) in [5, 5.41) is 1.39. The van der Waals surface area contributed by atoms with Crippen LogP contribution in [0, 0.1) is 0 Å². The highest BCUT2D eigenvalue weighted by Gasteiger charge is 2.28. The summed E-state index contributed by atoms with van der Waals surface area (Å²) in [7, 11) is -3.89. The fraction of sp³-hybridized carbons (Fsp3) is 0.348. The highest BCUT2D eigenvalue weighted by molar-refractivity contribution is 7.90. The molecule has 0 spiro atoms. The van der Waals surface area contributed by atoms with Crippen LogP contribution in [-0.4, -0.2) is 55.2 Å². The molecule has 4 rings (SSSR count). The van der Waals surface area contributed by atoms with E-state index in [1.54, 1.807) is 29.2 Å². The Bertz CT molecular complexity index is 1310. The number of nitrogens with zero attached hydrogens (tertiary/aromatic N) is 3. The standard InChI is InChI=1S/C23H25Cl2N3O4S/c1-23(2,3)32-22(29)27-13-11-26(12-14-27)20-8-7-19(25)21-18(20)9-10-28(21)33(30,31)17-6-4-5-16(24)15-17/h4-10,15H,11-14H2,1-3H3. The number of ether oxygens (including phenoxy) is 1. The van der Waals surface area contributed by atoms with Gasteiger partial charge >= 0.3 is 6.09 Å². The highest BCUT2D eigenvalue weighted by Crippen LogP contribution is 2.35. The molecule has 1 fully saturated rings. The summed E-state index contributed by atoms with van der Waals surface area (Å²) in [6.07, 6.45) is 1.18. The van der Waals surface area contributed by atoms with E-state index in [1.807, 2.05) is 26.8 Å². The molecule has 10 heteroatoms. The van der Waals surface area contributed by atoms with Crippen LogP contribution in [0.4, 0.5) is 10.5 Å². The first-order chi connectivity index (χ1) is 15.5. The zero-order chi connectivity index (χ0) is 24.0. The van der Waals surface area contributed by atoms with Crippen molar-refractivity contribution in [1.82, 2.24) is 8.87 Å². The van der Waals surface area contributed by atoms with Gasteiger partial charge in [-0.05, 0) is 57.2 Å². The van der Waals surface area contributed by atoms with E-state index < -0.39 is 15.6 Å². The van der Waals surface area contributed by atoms with Crippen molar-refractivity contribution in [2.45, 2.75) is 31.3 Å². The van der Waals surface area contributed by atoms with Crippen LogP contribution in [0.3, 0.4) is 0 Å². The summed E-state index contributed by atoms with van der Waals surface area (Å²) in [4.78, 5) is 16.3. The molecule has 2 heterocycles. The van der Waals surface area contributed by atoms with E-state index in [0.29, 0.717) is 41.7 Å². The molecule has 1 aliphatic heterocycles. The molecular formula is C23H25Cl2N3O4S. The molecule has 0 saturated carbocycles. The lowest BCUT2D eigenvalue weighted by Gasteiger charge is -2.37. The monoisotopic (exact) mass is 509 g/mol. The van der Waals surface area contributed by atoms with E-state index >= 15 is 0 Å². The maximum Gasteiger partial charge on any atom is 0.410 e. The lowest BCUT2D eigenvalue weighted by atomic mass is 10.1. The molecule has 0 radical (unpaired) electrons. The van der Waals surface area contributed by atoms with Crippen molar-refractivity contribution in [3.05, 3.63) is 58.7 Å². The van der Waals surface area contributed by atoms with Crippen molar-refractivity contribution in [2.75, 3.05) is 31.1 Å². The minimum atomic E-state index is -3.89. The molecule has 2 aromatic carbocycles. The van der Waals surface area contributed by atoms with Gasteiger partial charge in [0.1, 0.15) is 5.60 Å². The van der Waals surface area contributed by atoms with Gasteiger partial charge in [-0.3, -0.25) is 0 Å². The van der Waals surface area contributed by atoms with E-state index in [4.69, 9.17) is 27.9 Å². The number of benzene rings is 2. The number of carbonyl (C=O) groups excluding carboxylic acids is 1. The van der Waals surface area contributed by atoms with Crippen LogP contribution in [-0.2, 0) is 14.8 Å². The van der Waals surface area contributed by atoms with Crippen molar-refractivity contribution in [2.24, 2.45) is 0 Å². The number of anilines is 1. The van der Waals surface area contributed by atoms with Crippen LogP contribution >= 0.6 is 23.2 Å². The predicted octanol–water partition coefficient (Wildman–Crippen LogP) is 5.24. The first-order valence-corrected chi connectivity index (χ1v) is 12.7. The molecule has 33 heavy (non-hydrogen) atoms. The van der Waals surface area contributed by atoms with E-state index in [1.165, 1.54) is 22.3 Å². The third kappa shape index (κ3) is 4.78. The molecule has 176 valence electrons. The molecule has 1 aliphatic rings. The van der Waals surface area contributed by atoms with Crippen molar-refractivity contribution in [1.29, 1.82) is 0 Å². The van der Waals surface area contributed by atoms with E-state index in [-0.39, 0.29) is 11.0 Å². The fourth-order valence-corrected chi connectivity index (χ4v) is 5.82. The molecule has 1 saturated heterocycles. The van der Waals surface area contributed by atoms with Gasteiger partial charge in [0, 0.05) is 48.5 Å². The summed E-state index contributed by atoms with van der Waals surface area (Å²) in [5.41, 5.74) is 0.718. The Balaban J connectivity index is 1.64. The normalized spacial score (nSPS) is 15.2. The molecule has 0 N–H and O–H groups in total. The Morgan fingerprint density at radius 3 is 2.33 bits per heavy atom. The van der Waals surface area contributed by atoms with Crippen LogP contribution in [0.5, 0.6) is 0 Å². The molecule has 3 aromatic rings. The van der Waals surface area contributed by atoms with Gasteiger partial charge in [0.25, 0.3) is 10.0 Å². The highest BCUT2D eigenvalue weighted by atomic mass is 35.5. The van der Waals surface area contributed by atoms with Gasteiger partial charge in [0.2, 0.25) is 0 Å². The van der Waals surface area contributed by atoms with Gasteiger partial charge in [0.05, 0.1) is 15.4 Å². The number of halogens is 2. The van der Waals surface area contributed by atoms with Crippen molar-refractivity contribution >= 4 is 55.9 Å². The summed E-state index contributed by atoms with van der Waals surface area (Å²) < 4.78 is 33.3. The second-order valence-electron chi connectivity index (χ2n) is 8.86. The average Bonchev–Trinajstić information content (AvgIpc) is 3.20. The van der Waals surface area contributed by atoms with Crippen LogP contribution in [0.1, 0.15) is 20.8 Å². The topological polar surface area (TPSA) is 71.8 Å². The molecule has 0 aliphatic carbocycles. The number of aromatic nitrogens is 1. The van der Waals surface area contributed by atoms with Crippen LogP contribution < -0.4 is 4.90 Å². The van der Waals surface area contributed by atoms with E-state index in [0.717, 1.165) is 11.1 Å². The van der Waals surface area contributed by atoms with Crippen molar-refractivity contribution in [3.63, 3.8) is 0 Å². The number of rotatable bonds is 3. The number of hydrogen-bond acceptors (Lipinski definition) is 5. The number of piperazine rings is 1. The fourth-order valence-electron chi connectivity index (χ4n) is 3.85. The molecular weight excluding hydrogens is 485 g/mol. The number of hydrogen-bond donors (Lipinski definition) is 0.